The molecule has 0 fully saturated rings. The molecule has 70 valence electrons. The molecule has 2 heteroatoms. The second kappa shape index (κ2) is 4.67. The van der Waals surface area contributed by atoms with E-state index in [2.05, 4.69) is 0 Å². The van der Waals surface area contributed by atoms with Gasteiger partial charge in [0.25, 0.3) is 0 Å². The average molecular weight is 178 g/mol. The van der Waals surface area contributed by atoms with E-state index < -0.39 is 0 Å². The van der Waals surface area contributed by atoms with Gasteiger partial charge in [-0.25, -0.2) is 0 Å². The second-order valence-electron chi connectivity index (χ2n) is 2.80. The number of hydrogen-bond donors (Lipinski definition) is 1. The van der Waals surface area contributed by atoms with Gasteiger partial charge in [0.15, 0.2) is 0 Å². The number of allylic oxidation sites excluding steroid dienone is 1. The molecule has 0 aliphatic carbocycles. The van der Waals surface area contributed by atoms with Gasteiger partial charge in [0.1, 0.15) is 5.75 Å². The first-order valence-corrected chi connectivity index (χ1v) is 4.20. The van der Waals surface area contributed by atoms with E-state index in [4.69, 9.17) is 9.84 Å². The second-order valence-corrected chi connectivity index (χ2v) is 2.80. The van der Waals surface area contributed by atoms with E-state index in [1.807, 2.05) is 31.2 Å². The van der Waals surface area contributed by atoms with Gasteiger partial charge >= 0.3 is 0 Å². The van der Waals surface area contributed by atoms with E-state index in [0.29, 0.717) is 0 Å². The lowest BCUT2D eigenvalue weighted by molar-refractivity contribution is 0.343. The van der Waals surface area contributed by atoms with Crippen molar-refractivity contribution >= 4 is 5.57 Å². The summed E-state index contributed by atoms with van der Waals surface area (Å²) in [4.78, 5) is 0. The van der Waals surface area contributed by atoms with E-state index >= 15 is 0 Å². The van der Waals surface area contributed by atoms with Gasteiger partial charge < -0.3 is 9.84 Å². The van der Waals surface area contributed by atoms with E-state index in [0.717, 1.165) is 16.9 Å². The molecule has 0 unspecified atom stereocenters. The molecule has 0 atom stereocenters. The van der Waals surface area contributed by atoms with Crippen LogP contribution in [0, 0.1) is 0 Å². The Labute approximate surface area is 78.5 Å². The molecule has 0 saturated carbocycles. The zero-order valence-electron chi connectivity index (χ0n) is 7.95. The first kappa shape index (κ1) is 9.81. The Hall–Kier alpha value is -1.28. The van der Waals surface area contributed by atoms with Gasteiger partial charge in [-0.1, -0.05) is 18.2 Å². The fourth-order valence-electron chi connectivity index (χ4n) is 1.11. The summed E-state index contributed by atoms with van der Waals surface area (Å²) < 4.78 is 5.04. The van der Waals surface area contributed by atoms with Crippen LogP contribution in [0.4, 0.5) is 0 Å². The first-order chi connectivity index (χ1) is 6.27. The van der Waals surface area contributed by atoms with Gasteiger partial charge in [0, 0.05) is 0 Å². The van der Waals surface area contributed by atoms with Crippen molar-refractivity contribution in [3.05, 3.63) is 35.9 Å². The Balaban J connectivity index is 2.85. The molecule has 0 amide bonds. The third-order valence-corrected chi connectivity index (χ3v) is 1.94. The monoisotopic (exact) mass is 178 g/mol. The number of hydrogen-bond acceptors (Lipinski definition) is 2. The zero-order chi connectivity index (χ0) is 9.68. The minimum Gasteiger partial charge on any atom is -0.497 e. The Kier molecular flexibility index (Phi) is 3.53. The number of aliphatic hydroxyl groups excluding tert-OH is 1. The number of methoxy groups -OCH3 is 1. The van der Waals surface area contributed by atoms with Crippen LogP contribution in [-0.4, -0.2) is 18.8 Å². The first-order valence-electron chi connectivity index (χ1n) is 4.20. The number of ether oxygens (including phenoxy) is 1. The number of benzene rings is 1. The molecule has 13 heavy (non-hydrogen) atoms. The van der Waals surface area contributed by atoms with Crippen LogP contribution in [0.2, 0.25) is 0 Å². The topological polar surface area (TPSA) is 29.5 Å². The summed E-state index contributed by atoms with van der Waals surface area (Å²) >= 11 is 0. The molecule has 0 saturated heterocycles. The highest BCUT2D eigenvalue weighted by Gasteiger charge is 1.95. The zero-order valence-corrected chi connectivity index (χ0v) is 7.95. The molecule has 1 aromatic rings. The molecule has 0 radical (unpaired) electrons. The van der Waals surface area contributed by atoms with Crippen LogP contribution in [0.15, 0.2) is 30.3 Å². The van der Waals surface area contributed by atoms with E-state index in [-0.39, 0.29) is 6.61 Å². The van der Waals surface area contributed by atoms with Gasteiger partial charge in [0.2, 0.25) is 0 Å². The Morgan fingerprint density at radius 3 is 2.46 bits per heavy atom. The van der Waals surface area contributed by atoms with Crippen molar-refractivity contribution in [3.63, 3.8) is 0 Å². The largest absolute Gasteiger partial charge is 0.497 e. The molecule has 1 N–H and O–H groups in total. The van der Waals surface area contributed by atoms with Crippen molar-refractivity contribution in [3.8, 4) is 5.75 Å². The van der Waals surface area contributed by atoms with Crippen molar-refractivity contribution < 1.29 is 9.84 Å². The van der Waals surface area contributed by atoms with Crippen LogP contribution in [-0.2, 0) is 0 Å². The van der Waals surface area contributed by atoms with Crippen LogP contribution < -0.4 is 4.74 Å². The van der Waals surface area contributed by atoms with Crippen LogP contribution in [0.25, 0.3) is 5.57 Å². The van der Waals surface area contributed by atoms with Crippen LogP contribution in [0.1, 0.15) is 12.5 Å². The van der Waals surface area contributed by atoms with Crippen LogP contribution in [0.5, 0.6) is 5.75 Å². The van der Waals surface area contributed by atoms with Crippen LogP contribution >= 0.6 is 0 Å². The van der Waals surface area contributed by atoms with Crippen molar-refractivity contribution in [2.45, 2.75) is 6.92 Å². The lowest BCUT2D eigenvalue weighted by Crippen LogP contribution is -1.85. The molecular formula is C11H14O2. The summed E-state index contributed by atoms with van der Waals surface area (Å²) in [6.07, 6.45) is 1.78. The maximum atomic E-state index is 8.70. The van der Waals surface area contributed by atoms with E-state index in [9.17, 15) is 0 Å². The summed E-state index contributed by atoms with van der Waals surface area (Å²) in [6.45, 7) is 2.05. The molecule has 0 aliphatic rings. The highest BCUT2D eigenvalue weighted by Crippen LogP contribution is 2.17. The molecule has 2 nitrogen and oxygen atoms in total. The fourth-order valence-corrected chi connectivity index (χ4v) is 1.11. The lowest BCUT2D eigenvalue weighted by atomic mass is 10.1. The molecule has 1 rings (SSSR count). The summed E-state index contributed by atoms with van der Waals surface area (Å²) in [5, 5.41) is 8.70. The standard InChI is InChI=1S/C11H14O2/c1-9(7-8-12)10-3-5-11(13-2)6-4-10/h3-7,12H,8H2,1-2H3/b9-7-. The minimum atomic E-state index is 0.0812. The molecule has 0 heterocycles. The number of aliphatic hydroxyl groups is 1. The smallest absolute Gasteiger partial charge is 0.118 e. The molecule has 0 bridgehead atoms. The molecule has 1 aromatic carbocycles. The van der Waals surface area contributed by atoms with Gasteiger partial charge in [-0.05, 0) is 30.2 Å². The third-order valence-electron chi connectivity index (χ3n) is 1.94. The predicted octanol–water partition coefficient (Wildman–Crippen LogP) is 2.09. The Bertz CT molecular complexity index is 285. The highest BCUT2D eigenvalue weighted by atomic mass is 16.5. The Morgan fingerprint density at radius 2 is 2.00 bits per heavy atom. The quantitative estimate of drug-likeness (QED) is 0.768. The van der Waals surface area contributed by atoms with Crippen molar-refractivity contribution in [1.29, 1.82) is 0 Å². The SMILES string of the molecule is COc1ccc(/C(C)=C\CO)cc1. The predicted molar refractivity (Wildman–Crippen MR) is 53.7 cm³/mol. The van der Waals surface area contributed by atoms with Gasteiger partial charge in [0.05, 0.1) is 13.7 Å². The van der Waals surface area contributed by atoms with Gasteiger partial charge in [-0.3, -0.25) is 0 Å². The minimum absolute atomic E-state index is 0.0812. The Morgan fingerprint density at radius 1 is 1.38 bits per heavy atom. The number of rotatable bonds is 3. The van der Waals surface area contributed by atoms with Gasteiger partial charge in [-0.15, -0.1) is 0 Å². The molecular weight excluding hydrogens is 164 g/mol. The third kappa shape index (κ3) is 2.60. The molecule has 0 aromatic heterocycles. The summed E-state index contributed by atoms with van der Waals surface area (Å²) in [7, 11) is 1.64. The van der Waals surface area contributed by atoms with E-state index in [1.54, 1.807) is 13.2 Å². The van der Waals surface area contributed by atoms with Crippen LogP contribution in [0.3, 0.4) is 0 Å². The fraction of sp³-hybridized carbons (Fsp3) is 0.273. The molecule has 0 aliphatic heterocycles. The normalized spacial score (nSPS) is 11.5. The lowest BCUT2D eigenvalue weighted by Gasteiger charge is -2.02. The van der Waals surface area contributed by atoms with Crippen molar-refractivity contribution in [2.75, 3.05) is 13.7 Å². The van der Waals surface area contributed by atoms with E-state index in [1.165, 1.54) is 0 Å². The maximum Gasteiger partial charge on any atom is 0.118 e. The average Bonchev–Trinajstić information content (AvgIpc) is 2.18. The molecule has 0 spiro atoms. The van der Waals surface area contributed by atoms with Crippen molar-refractivity contribution in [1.82, 2.24) is 0 Å². The maximum absolute atomic E-state index is 8.70. The summed E-state index contributed by atoms with van der Waals surface area (Å²) in [6, 6.07) is 7.76. The highest BCUT2D eigenvalue weighted by molar-refractivity contribution is 5.64. The van der Waals surface area contributed by atoms with Gasteiger partial charge in [-0.2, -0.15) is 0 Å². The van der Waals surface area contributed by atoms with Crippen molar-refractivity contribution in [2.24, 2.45) is 0 Å². The summed E-state index contributed by atoms with van der Waals surface area (Å²) in [5.41, 5.74) is 2.18. The summed E-state index contributed by atoms with van der Waals surface area (Å²) in [5.74, 6) is 0.848.